The third-order valence-corrected chi connectivity index (χ3v) is 5.04. The Morgan fingerprint density at radius 3 is 2.57 bits per heavy atom. The predicted octanol–water partition coefficient (Wildman–Crippen LogP) is 0.391. The Labute approximate surface area is 130 Å². The van der Waals surface area contributed by atoms with Gasteiger partial charge in [0.2, 0.25) is 5.91 Å². The number of benzene rings is 1. The van der Waals surface area contributed by atoms with Crippen LogP contribution in [0, 0.1) is 0 Å². The number of halogens is 3. The molecule has 1 heterocycles. The molecule has 1 fully saturated rings. The summed E-state index contributed by atoms with van der Waals surface area (Å²) in [6.07, 6.45) is -5.62. The number of alkyl halides is 3. The van der Waals surface area contributed by atoms with Crippen molar-refractivity contribution in [2.75, 3.05) is 23.4 Å². The monoisotopic (exact) mass is 352 g/mol. The maximum Gasteiger partial charge on any atom is 0.416 e. The molecular formula is C13H15F3N2O4S. The zero-order valence-electron chi connectivity index (χ0n) is 11.8. The number of hydrogen-bond acceptors (Lipinski definition) is 5. The minimum absolute atomic E-state index is 0.0220. The second-order valence-electron chi connectivity index (χ2n) is 5.26. The molecule has 2 atom stereocenters. The number of sulfone groups is 1. The number of amides is 1. The van der Waals surface area contributed by atoms with Crippen LogP contribution in [0.1, 0.15) is 5.56 Å². The van der Waals surface area contributed by atoms with Gasteiger partial charge in [-0.3, -0.25) is 4.79 Å². The molecule has 0 spiro atoms. The van der Waals surface area contributed by atoms with E-state index in [0.717, 1.165) is 12.1 Å². The number of anilines is 1. The van der Waals surface area contributed by atoms with Gasteiger partial charge in [0.25, 0.3) is 0 Å². The van der Waals surface area contributed by atoms with Crippen molar-refractivity contribution in [2.45, 2.75) is 18.3 Å². The van der Waals surface area contributed by atoms with E-state index in [1.165, 1.54) is 12.1 Å². The van der Waals surface area contributed by atoms with E-state index >= 15 is 0 Å². The molecule has 6 nitrogen and oxygen atoms in total. The highest BCUT2D eigenvalue weighted by Gasteiger charge is 2.36. The second kappa shape index (κ2) is 6.46. The SMILES string of the molecule is O=C(CNC1CS(=O)(=O)CC1O)Nc1cccc(C(F)(F)F)c1. The van der Waals surface area contributed by atoms with E-state index in [1.807, 2.05) is 0 Å². The Morgan fingerprint density at radius 1 is 1.30 bits per heavy atom. The molecule has 2 unspecified atom stereocenters. The van der Waals surface area contributed by atoms with Crippen LogP contribution in [-0.4, -0.2) is 49.6 Å². The van der Waals surface area contributed by atoms with Gasteiger partial charge >= 0.3 is 6.18 Å². The number of aliphatic hydroxyl groups excluding tert-OH is 1. The Kier molecular flexibility index (Phi) is 4.97. The largest absolute Gasteiger partial charge is 0.416 e. The van der Waals surface area contributed by atoms with Gasteiger partial charge in [-0.1, -0.05) is 6.07 Å². The lowest BCUT2D eigenvalue weighted by molar-refractivity contribution is -0.137. The van der Waals surface area contributed by atoms with Crippen LogP contribution in [0.2, 0.25) is 0 Å². The van der Waals surface area contributed by atoms with Crippen LogP contribution in [-0.2, 0) is 20.8 Å². The second-order valence-corrected chi connectivity index (χ2v) is 7.41. The van der Waals surface area contributed by atoms with Crippen molar-refractivity contribution in [3.05, 3.63) is 29.8 Å². The van der Waals surface area contributed by atoms with Gasteiger partial charge in [0, 0.05) is 11.7 Å². The van der Waals surface area contributed by atoms with Gasteiger partial charge in [0.1, 0.15) is 0 Å². The fourth-order valence-electron chi connectivity index (χ4n) is 2.23. The smallest absolute Gasteiger partial charge is 0.390 e. The van der Waals surface area contributed by atoms with Crippen LogP contribution >= 0.6 is 0 Å². The third-order valence-electron chi connectivity index (χ3n) is 3.32. The number of rotatable bonds is 4. The Morgan fingerprint density at radius 2 is 2.00 bits per heavy atom. The normalized spacial score (nSPS) is 23.7. The molecule has 1 aromatic rings. The first-order chi connectivity index (χ1) is 10.6. The molecule has 23 heavy (non-hydrogen) atoms. The molecule has 1 amide bonds. The summed E-state index contributed by atoms with van der Waals surface area (Å²) in [6.45, 7) is -0.326. The molecule has 0 aromatic heterocycles. The summed E-state index contributed by atoms with van der Waals surface area (Å²) in [6, 6.07) is 3.38. The molecule has 0 aliphatic carbocycles. The van der Waals surface area contributed by atoms with Gasteiger partial charge in [0.05, 0.1) is 29.7 Å². The van der Waals surface area contributed by atoms with Gasteiger partial charge in [-0.2, -0.15) is 13.2 Å². The molecule has 128 valence electrons. The van der Waals surface area contributed by atoms with Crippen molar-refractivity contribution in [3.63, 3.8) is 0 Å². The standard InChI is InChI=1S/C13H15F3N2O4S/c14-13(15,16)8-2-1-3-9(4-8)18-12(20)5-17-10-6-23(21,22)7-11(10)19/h1-4,10-11,17,19H,5-7H2,(H,18,20). The van der Waals surface area contributed by atoms with E-state index in [9.17, 15) is 31.5 Å². The Hall–Kier alpha value is -1.65. The summed E-state index contributed by atoms with van der Waals surface area (Å²) < 4.78 is 60.3. The molecule has 1 aliphatic rings. The predicted molar refractivity (Wildman–Crippen MR) is 76.5 cm³/mol. The lowest BCUT2D eigenvalue weighted by Crippen LogP contribution is -2.42. The van der Waals surface area contributed by atoms with Gasteiger partial charge in [-0.25, -0.2) is 8.42 Å². The first-order valence-corrected chi connectivity index (χ1v) is 8.48. The van der Waals surface area contributed by atoms with Crippen molar-refractivity contribution in [1.82, 2.24) is 5.32 Å². The van der Waals surface area contributed by atoms with E-state index in [2.05, 4.69) is 10.6 Å². The maximum atomic E-state index is 12.6. The molecule has 1 aromatic carbocycles. The minimum atomic E-state index is -4.51. The highest BCUT2D eigenvalue weighted by atomic mass is 32.2. The molecule has 1 aliphatic heterocycles. The lowest BCUT2D eigenvalue weighted by atomic mass is 10.2. The Bertz CT molecular complexity index is 691. The molecule has 10 heteroatoms. The topological polar surface area (TPSA) is 95.5 Å². The van der Waals surface area contributed by atoms with Crippen molar-refractivity contribution in [3.8, 4) is 0 Å². The summed E-state index contributed by atoms with van der Waals surface area (Å²) in [7, 11) is -3.34. The molecule has 0 radical (unpaired) electrons. The summed E-state index contributed by atoms with van der Waals surface area (Å²) in [5.41, 5.74) is -0.910. The van der Waals surface area contributed by atoms with Crippen LogP contribution in [0.25, 0.3) is 0 Å². The zero-order valence-corrected chi connectivity index (χ0v) is 12.6. The highest BCUT2D eigenvalue weighted by Crippen LogP contribution is 2.30. The van der Waals surface area contributed by atoms with Crippen molar-refractivity contribution < 1.29 is 31.5 Å². The number of nitrogens with one attached hydrogen (secondary N) is 2. The number of hydrogen-bond donors (Lipinski definition) is 3. The van der Waals surface area contributed by atoms with Crippen molar-refractivity contribution >= 4 is 21.4 Å². The molecule has 0 bridgehead atoms. The number of carbonyl (C=O) groups is 1. The van der Waals surface area contributed by atoms with Gasteiger partial charge in [-0.05, 0) is 18.2 Å². The summed E-state index contributed by atoms with van der Waals surface area (Å²) >= 11 is 0. The minimum Gasteiger partial charge on any atom is -0.390 e. The maximum absolute atomic E-state index is 12.6. The quantitative estimate of drug-likeness (QED) is 0.729. The third kappa shape index (κ3) is 4.91. The van der Waals surface area contributed by atoms with Crippen LogP contribution in [0.4, 0.5) is 18.9 Å². The number of aliphatic hydroxyl groups is 1. The van der Waals surface area contributed by atoms with Gasteiger partial charge in [-0.15, -0.1) is 0 Å². The van der Waals surface area contributed by atoms with Gasteiger partial charge in [0.15, 0.2) is 9.84 Å². The highest BCUT2D eigenvalue weighted by molar-refractivity contribution is 7.91. The van der Waals surface area contributed by atoms with E-state index in [0.29, 0.717) is 0 Å². The molecule has 2 rings (SSSR count). The molecular weight excluding hydrogens is 337 g/mol. The summed E-state index contributed by atoms with van der Waals surface area (Å²) in [5.74, 6) is -1.30. The van der Waals surface area contributed by atoms with Crippen LogP contribution in [0.15, 0.2) is 24.3 Å². The zero-order chi connectivity index (χ0) is 17.3. The fourth-order valence-corrected chi connectivity index (χ4v) is 4.00. The van der Waals surface area contributed by atoms with Crippen LogP contribution in [0.5, 0.6) is 0 Å². The molecule has 3 N–H and O–H groups in total. The van der Waals surface area contributed by atoms with E-state index < -0.39 is 39.6 Å². The number of carbonyl (C=O) groups excluding carboxylic acids is 1. The average Bonchev–Trinajstić information content (AvgIpc) is 2.68. The molecule has 0 saturated carbocycles. The average molecular weight is 352 g/mol. The van der Waals surface area contributed by atoms with Crippen molar-refractivity contribution in [2.24, 2.45) is 0 Å². The van der Waals surface area contributed by atoms with Crippen LogP contribution in [0.3, 0.4) is 0 Å². The summed E-state index contributed by atoms with van der Waals surface area (Å²) in [4.78, 5) is 11.7. The first-order valence-electron chi connectivity index (χ1n) is 6.66. The van der Waals surface area contributed by atoms with Gasteiger partial charge < -0.3 is 15.7 Å². The first kappa shape index (κ1) is 17.7. The van der Waals surface area contributed by atoms with E-state index in [1.54, 1.807) is 0 Å². The van der Waals surface area contributed by atoms with E-state index in [4.69, 9.17) is 0 Å². The Balaban J connectivity index is 1.91. The molecule has 1 saturated heterocycles. The van der Waals surface area contributed by atoms with E-state index in [-0.39, 0.29) is 23.7 Å². The fraction of sp³-hybridized carbons (Fsp3) is 0.462. The summed E-state index contributed by atoms with van der Waals surface area (Å²) in [5, 5.41) is 14.4. The lowest BCUT2D eigenvalue weighted by Gasteiger charge is -2.15. The van der Waals surface area contributed by atoms with Crippen LogP contribution < -0.4 is 10.6 Å². The van der Waals surface area contributed by atoms with Crippen molar-refractivity contribution in [1.29, 1.82) is 0 Å².